The van der Waals surface area contributed by atoms with Gasteiger partial charge in [0.2, 0.25) is 0 Å². The summed E-state index contributed by atoms with van der Waals surface area (Å²) in [7, 11) is -3.49. The highest BCUT2D eigenvalue weighted by atomic mass is 32.2. The first-order valence-corrected chi connectivity index (χ1v) is 14.6. The molecule has 0 amide bonds. The number of rotatable bonds is 9. The number of hydrogen-bond donors (Lipinski definition) is 2. The number of aryl methyl sites for hydroxylation is 1. The van der Waals surface area contributed by atoms with E-state index in [1.165, 1.54) is 41.7 Å². The van der Waals surface area contributed by atoms with Crippen molar-refractivity contribution in [1.29, 1.82) is 0 Å². The summed E-state index contributed by atoms with van der Waals surface area (Å²) in [4.78, 5) is 16.8. The molecule has 10 nitrogen and oxygen atoms in total. The van der Waals surface area contributed by atoms with Gasteiger partial charge < -0.3 is 19.8 Å². The van der Waals surface area contributed by atoms with Gasteiger partial charge >= 0.3 is 12.3 Å². The average Bonchev–Trinajstić information content (AvgIpc) is 3.34. The maximum absolute atomic E-state index is 12.7. The van der Waals surface area contributed by atoms with E-state index in [1.54, 1.807) is 48.7 Å². The Morgan fingerprint density at radius 1 is 1.07 bits per heavy atom. The van der Waals surface area contributed by atoms with Crippen LogP contribution in [-0.4, -0.2) is 43.2 Å². The molecular weight excluding hydrogens is 587 g/mol. The lowest BCUT2D eigenvalue weighted by molar-refractivity contribution is -0.274. The summed E-state index contributed by atoms with van der Waals surface area (Å²) in [6, 6.07) is 16.5. The molecule has 0 bridgehead atoms. The summed E-state index contributed by atoms with van der Waals surface area (Å²) < 4.78 is 73.0. The third-order valence-corrected chi connectivity index (χ3v) is 7.37. The van der Waals surface area contributed by atoms with Gasteiger partial charge in [0.1, 0.15) is 11.6 Å². The van der Waals surface area contributed by atoms with Crippen LogP contribution in [0.4, 0.5) is 18.9 Å². The molecule has 0 saturated carbocycles. The fraction of sp³-hybridized carbons (Fsp3) is 0.172. The van der Waals surface area contributed by atoms with Crippen LogP contribution in [0.3, 0.4) is 0 Å². The summed E-state index contributed by atoms with van der Waals surface area (Å²) in [6.07, 6.45) is -1.08. The molecule has 0 fully saturated rings. The number of carbonyl (C=O) groups is 1. The first kappa shape index (κ1) is 31.1. The van der Waals surface area contributed by atoms with Gasteiger partial charge in [-0.2, -0.15) is 0 Å². The Labute approximate surface area is 245 Å². The molecule has 1 heterocycles. The number of sulfone groups is 1. The minimum atomic E-state index is -4.86. The van der Waals surface area contributed by atoms with Crippen molar-refractivity contribution in [3.05, 3.63) is 96.2 Å². The van der Waals surface area contributed by atoms with Gasteiger partial charge in [0.05, 0.1) is 28.6 Å². The number of ether oxygens (including phenoxy) is 2. The van der Waals surface area contributed by atoms with Crippen LogP contribution in [0.15, 0.2) is 84.0 Å². The average molecular weight is 616 g/mol. The fourth-order valence-electron chi connectivity index (χ4n) is 4.30. The smallest absolute Gasteiger partial charge is 0.461 e. The first-order chi connectivity index (χ1) is 20.2. The zero-order valence-electron chi connectivity index (χ0n) is 23.3. The monoisotopic (exact) mass is 615 g/mol. The van der Waals surface area contributed by atoms with E-state index in [2.05, 4.69) is 9.72 Å². The quantitative estimate of drug-likeness (QED) is 0.152. The molecule has 4 N–H and O–H groups in total. The van der Waals surface area contributed by atoms with Crippen LogP contribution in [0.1, 0.15) is 28.8 Å². The van der Waals surface area contributed by atoms with Gasteiger partial charge in [-0.25, -0.2) is 24.0 Å². The number of esters is 1. The zero-order chi connectivity index (χ0) is 31.5. The Bertz CT molecular complexity index is 1780. The molecule has 3 aromatic carbocycles. The van der Waals surface area contributed by atoms with Gasteiger partial charge in [-0.05, 0) is 73.5 Å². The first-order valence-electron chi connectivity index (χ1n) is 12.7. The lowest BCUT2D eigenvalue weighted by Crippen LogP contribution is -2.31. The molecule has 4 rings (SSSR count). The Kier molecular flexibility index (Phi) is 8.82. The molecule has 0 aliphatic heterocycles. The third kappa shape index (κ3) is 7.16. The Morgan fingerprint density at radius 2 is 1.74 bits per heavy atom. The lowest BCUT2D eigenvalue weighted by Gasteiger charge is -2.26. The molecule has 0 aliphatic carbocycles. The standard InChI is InChI=1S/C29H28F3N5O5S/c1-4-41-28(38)24-17-36(18(2)35-24)25-13-10-21(20-6-5-7-23(14-20)43(3,39)40)15-26(25)37(34)27(16-33)19-8-11-22(12-9-19)42-29(30,31)32/h5-17H,4,33-34H2,1-3H3/b27-16-. The number of anilines is 1. The number of aromatic nitrogens is 2. The van der Waals surface area contributed by atoms with E-state index in [1.807, 2.05) is 0 Å². The number of alkyl halides is 3. The largest absolute Gasteiger partial charge is 0.573 e. The van der Waals surface area contributed by atoms with Crippen molar-refractivity contribution in [3.63, 3.8) is 0 Å². The second-order valence-corrected chi connectivity index (χ2v) is 11.3. The van der Waals surface area contributed by atoms with Gasteiger partial charge in [-0.3, -0.25) is 5.01 Å². The van der Waals surface area contributed by atoms with Gasteiger partial charge in [0.25, 0.3) is 0 Å². The van der Waals surface area contributed by atoms with Crippen molar-refractivity contribution in [2.24, 2.45) is 11.6 Å². The van der Waals surface area contributed by atoms with Gasteiger partial charge in [-0.15, -0.1) is 13.2 Å². The van der Waals surface area contributed by atoms with Crippen molar-refractivity contribution in [2.75, 3.05) is 17.9 Å². The van der Waals surface area contributed by atoms with Crippen LogP contribution in [-0.2, 0) is 14.6 Å². The van der Waals surface area contributed by atoms with Crippen LogP contribution in [0, 0.1) is 6.92 Å². The van der Waals surface area contributed by atoms with E-state index in [-0.39, 0.29) is 22.9 Å². The number of benzene rings is 3. The summed E-state index contributed by atoms with van der Waals surface area (Å²) in [5.74, 6) is 6.01. The van der Waals surface area contributed by atoms with Crippen LogP contribution in [0.5, 0.6) is 5.75 Å². The highest BCUT2D eigenvalue weighted by Gasteiger charge is 2.31. The van der Waals surface area contributed by atoms with E-state index in [0.717, 1.165) is 18.4 Å². The van der Waals surface area contributed by atoms with Crippen LogP contribution < -0.4 is 21.3 Å². The Morgan fingerprint density at radius 3 is 2.35 bits per heavy atom. The fourth-order valence-corrected chi connectivity index (χ4v) is 4.97. The lowest BCUT2D eigenvalue weighted by atomic mass is 10.0. The van der Waals surface area contributed by atoms with E-state index in [4.69, 9.17) is 16.3 Å². The number of imidazole rings is 1. The molecule has 0 aliphatic rings. The van der Waals surface area contributed by atoms with Crippen molar-refractivity contribution in [2.45, 2.75) is 25.1 Å². The maximum Gasteiger partial charge on any atom is 0.573 e. The zero-order valence-corrected chi connectivity index (χ0v) is 24.1. The van der Waals surface area contributed by atoms with E-state index in [0.29, 0.717) is 33.9 Å². The summed E-state index contributed by atoms with van der Waals surface area (Å²) in [5.41, 5.74) is 8.56. The Hall–Kier alpha value is -4.82. The predicted molar refractivity (Wildman–Crippen MR) is 155 cm³/mol. The number of hydrazine groups is 1. The van der Waals surface area contributed by atoms with Crippen LogP contribution in [0.2, 0.25) is 0 Å². The van der Waals surface area contributed by atoms with Gasteiger partial charge in [0.15, 0.2) is 15.5 Å². The van der Waals surface area contributed by atoms with Crippen LogP contribution >= 0.6 is 0 Å². The molecular formula is C29H28F3N5O5S. The molecule has 0 spiro atoms. The molecule has 0 unspecified atom stereocenters. The molecule has 226 valence electrons. The summed E-state index contributed by atoms with van der Waals surface area (Å²) in [6.45, 7) is 3.51. The molecule has 1 aromatic heterocycles. The molecule has 14 heteroatoms. The van der Waals surface area contributed by atoms with Crippen molar-refractivity contribution in [1.82, 2.24) is 9.55 Å². The molecule has 4 aromatic rings. The van der Waals surface area contributed by atoms with E-state index >= 15 is 0 Å². The molecule has 43 heavy (non-hydrogen) atoms. The highest BCUT2D eigenvalue weighted by molar-refractivity contribution is 7.90. The third-order valence-electron chi connectivity index (χ3n) is 6.26. The number of carbonyl (C=O) groups excluding carboxylic acids is 1. The predicted octanol–water partition coefficient (Wildman–Crippen LogP) is 4.96. The molecule has 0 saturated heterocycles. The Balaban J connectivity index is 1.85. The summed E-state index contributed by atoms with van der Waals surface area (Å²) in [5, 5.41) is 1.22. The molecule has 0 atom stereocenters. The highest BCUT2D eigenvalue weighted by Crippen LogP contribution is 2.35. The minimum absolute atomic E-state index is 0.0636. The SMILES string of the molecule is CCOC(=O)c1cn(-c2ccc(-c3cccc(S(C)(=O)=O)c3)cc2N(N)/C(=C\N)c2ccc(OC(F)(F)F)cc2)c(C)n1. The number of nitrogens with two attached hydrogens (primary N) is 2. The van der Waals surface area contributed by atoms with E-state index in [9.17, 15) is 26.4 Å². The molecule has 0 radical (unpaired) electrons. The maximum atomic E-state index is 12.7. The van der Waals surface area contributed by atoms with Gasteiger partial charge in [0, 0.05) is 24.2 Å². The van der Waals surface area contributed by atoms with E-state index < -0.39 is 27.9 Å². The van der Waals surface area contributed by atoms with Gasteiger partial charge in [-0.1, -0.05) is 18.2 Å². The topological polar surface area (TPSA) is 143 Å². The van der Waals surface area contributed by atoms with Crippen LogP contribution in [0.25, 0.3) is 22.5 Å². The normalized spacial score (nSPS) is 12.2. The minimum Gasteiger partial charge on any atom is -0.461 e. The number of nitrogens with zero attached hydrogens (tertiary/aromatic N) is 3. The van der Waals surface area contributed by atoms with Crippen molar-refractivity contribution >= 4 is 27.2 Å². The number of halogens is 3. The van der Waals surface area contributed by atoms with Crippen molar-refractivity contribution < 1.29 is 35.9 Å². The summed E-state index contributed by atoms with van der Waals surface area (Å²) >= 11 is 0. The second-order valence-electron chi connectivity index (χ2n) is 9.26. The number of hydrogen-bond acceptors (Lipinski definition) is 9. The van der Waals surface area contributed by atoms with Crippen molar-refractivity contribution in [3.8, 4) is 22.6 Å². The second kappa shape index (κ2) is 12.2.